The monoisotopic (exact) mass is 382 g/mol. The van der Waals surface area contributed by atoms with Gasteiger partial charge >= 0.3 is 0 Å². The molecular weight excluding hydrogens is 356 g/mol. The summed E-state index contributed by atoms with van der Waals surface area (Å²) in [6.07, 6.45) is -0.0405. The van der Waals surface area contributed by atoms with E-state index in [1.807, 2.05) is 13.8 Å². The number of anilines is 2. The molecule has 6 heteroatoms. The van der Waals surface area contributed by atoms with Crippen LogP contribution in [0.3, 0.4) is 0 Å². The molecule has 2 aromatic carbocycles. The van der Waals surface area contributed by atoms with Gasteiger partial charge in [0.15, 0.2) is 0 Å². The van der Waals surface area contributed by atoms with Crippen molar-refractivity contribution in [3.05, 3.63) is 59.7 Å². The highest BCUT2D eigenvalue weighted by Crippen LogP contribution is 2.40. The molecule has 2 aromatic rings. The average Bonchev–Trinajstić information content (AvgIpc) is 2.69. The van der Waals surface area contributed by atoms with Gasteiger partial charge in [-0.15, -0.1) is 0 Å². The van der Waals surface area contributed by atoms with Gasteiger partial charge < -0.3 is 10.2 Å². The minimum Gasteiger partial charge on any atom is -0.363 e. The highest BCUT2D eigenvalue weighted by Gasteiger charge is 2.62. The first-order valence-corrected chi connectivity index (χ1v) is 9.46. The molecule has 1 heterocycles. The summed E-state index contributed by atoms with van der Waals surface area (Å²) in [7, 11) is 0. The van der Waals surface area contributed by atoms with Crippen LogP contribution in [0.25, 0.3) is 0 Å². The number of rotatable bonds is 4. The third-order valence-electron chi connectivity index (χ3n) is 5.40. The lowest BCUT2D eigenvalue weighted by Crippen LogP contribution is -2.77. The SMILES string of the molecule is CCC1(O)C(=O)N(c2ccc(C)cc2)C(O)(CC)C(=O)N1c1ccc(C)cc1. The predicted octanol–water partition coefficient (Wildman–Crippen LogP) is 2.88. The van der Waals surface area contributed by atoms with Crippen molar-refractivity contribution in [1.82, 2.24) is 0 Å². The third kappa shape index (κ3) is 2.89. The fraction of sp³-hybridized carbons (Fsp3) is 0.364. The Labute approximate surface area is 165 Å². The molecule has 1 aliphatic heterocycles. The maximum Gasteiger partial charge on any atom is 0.283 e. The molecule has 0 bridgehead atoms. The number of piperazine rings is 1. The van der Waals surface area contributed by atoms with Crippen molar-refractivity contribution in [2.75, 3.05) is 9.80 Å². The first-order chi connectivity index (χ1) is 13.2. The molecule has 2 atom stereocenters. The van der Waals surface area contributed by atoms with Gasteiger partial charge in [0.05, 0.1) is 0 Å². The summed E-state index contributed by atoms with van der Waals surface area (Å²) in [5.74, 6) is -1.47. The lowest BCUT2D eigenvalue weighted by molar-refractivity contribution is -0.163. The molecule has 1 fully saturated rings. The molecule has 0 spiro atoms. The Balaban J connectivity index is 2.20. The zero-order valence-corrected chi connectivity index (χ0v) is 16.6. The molecule has 0 saturated carbocycles. The standard InChI is InChI=1S/C22H26N2O4/c1-5-21(27)19(25)24(18-13-9-16(4)10-14-18)22(28,6-2)20(26)23(21)17-11-7-15(3)8-12-17/h7-14,27-28H,5-6H2,1-4H3. The Hall–Kier alpha value is -2.70. The minimum atomic E-state index is -2.10. The zero-order valence-electron chi connectivity index (χ0n) is 16.6. The molecule has 0 aromatic heterocycles. The van der Waals surface area contributed by atoms with E-state index in [4.69, 9.17) is 0 Å². The average molecular weight is 382 g/mol. The van der Waals surface area contributed by atoms with E-state index in [0.29, 0.717) is 11.4 Å². The normalized spacial score (nSPS) is 25.4. The molecule has 2 N–H and O–H groups in total. The summed E-state index contributed by atoms with van der Waals surface area (Å²) in [6, 6.07) is 13.8. The highest BCUT2D eigenvalue weighted by molar-refractivity contribution is 6.18. The molecule has 3 rings (SSSR count). The fourth-order valence-electron chi connectivity index (χ4n) is 3.55. The van der Waals surface area contributed by atoms with Crippen LogP contribution in [-0.4, -0.2) is 33.5 Å². The second-order valence-electron chi connectivity index (χ2n) is 7.29. The maximum absolute atomic E-state index is 13.5. The maximum atomic E-state index is 13.5. The van der Waals surface area contributed by atoms with Crippen LogP contribution in [0.2, 0.25) is 0 Å². The van der Waals surface area contributed by atoms with Crippen molar-refractivity contribution in [3.63, 3.8) is 0 Å². The van der Waals surface area contributed by atoms with Crippen LogP contribution in [0.5, 0.6) is 0 Å². The second kappa shape index (κ2) is 7.04. The van der Waals surface area contributed by atoms with Crippen molar-refractivity contribution in [2.24, 2.45) is 0 Å². The number of carbonyl (C=O) groups excluding carboxylic acids is 2. The summed E-state index contributed by atoms with van der Waals surface area (Å²) in [4.78, 5) is 29.0. The quantitative estimate of drug-likeness (QED) is 0.852. The van der Waals surface area contributed by atoms with E-state index in [2.05, 4.69) is 0 Å². The van der Waals surface area contributed by atoms with Crippen molar-refractivity contribution in [2.45, 2.75) is 52.0 Å². The Morgan fingerprint density at radius 1 is 0.679 bits per heavy atom. The Bertz CT molecular complexity index is 818. The summed E-state index contributed by atoms with van der Waals surface area (Å²) in [6.45, 7) is 7.08. The Morgan fingerprint density at radius 2 is 0.964 bits per heavy atom. The summed E-state index contributed by atoms with van der Waals surface area (Å²) >= 11 is 0. The molecule has 6 nitrogen and oxygen atoms in total. The Morgan fingerprint density at radius 3 is 1.21 bits per heavy atom. The highest BCUT2D eigenvalue weighted by atomic mass is 16.4. The number of amides is 2. The topological polar surface area (TPSA) is 81.1 Å². The van der Waals surface area contributed by atoms with Crippen LogP contribution in [0.1, 0.15) is 37.8 Å². The van der Waals surface area contributed by atoms with Crippen LogP contribution in [-0.2, 0) is 9.59 Å². The molecule has 28 heavy (non-hydrogen) atoms. The number of carbonyl (C=O) groups is 2. The predicted molar refractivity (Wildman–Crippen MR) is 108 cm³/mol. The molecule has 148 valence electrons. The van der Waals surface area contributed by atoms with E-state index in [0.717, 1.165) is 20.9 Å². The van der Waals surface area contributed by atoms with Gasteiger partial charge in [-0.2, -0.15) is 0 Å². The first-order valence-electron chi connectivity index (χ1n) is 9.46. The minimum absolute atomic E-state index is 0.0202. The zero-order chi connectivity index (χ0) is 20.7. The number of aliphatic hydroxyl groups is 2. The lowest BCUT2D eigenvalue weighted by Gasteiger charge is -2.52. The first kappa shape index (κ1) is 20.0. The number of hydrogen-bond acceptors (Lipinski definition) is 4. The number of nitrogens with zero attached hydrogens (tertiary/aromatic N) is 2. The molecular formula is C22H26N2O4. The fourth-order valence-corrected chi connectivity index (χ4v) is 3.55. The van der Waals surface area contributed by atoms with Gasteiger partial charge in [-0.3, -0.25) is 19.4 Å². The third-order valence-corrected chi connectivity index (χ3v) is 5.40. The number of hydrogen-bond donors (Lipinski definition) is 2. The van der Waals surface area contributed by atoms with Crippen molar-refractivity contribution < 1.29 is 19.8 Å². The largest absolute Gasteiger partial charge is 0.363 e. The van der Waals surface area contributed by atoms with Crippen LogP contribution in [0, 0.1) is 13.8 Å². The van der Waals surface area contributed by atoms with Gasteiger partial charge in [-0.1, -0.05) is 49.2 Å². The van der Waals surface area contributed by atoms with Crippen molar-refractivity contribution in [1.29, 1.82) is 0 Å². The molecule has 1 aliphatic rings. The van der Waals surface area contributed by atoms with E-state index >= 15 is 0 Å². The van der Waals surface area contributed by atoms with Crippen molar-refractivity contribution in [3.8, 4) is 0 Å². The number of aryl methyl sites for hydroxylation is 2. The summed E-state index contributed by atoms with van der Waals surface area (Å²) < 4.78 is 0. The molecule has 2 amide bonds. The van der Waals surface area contributed by atoms with Crippen LogP contribution in [0.15, 0.2) is 48.5 Å². The second-order valence-corrected chi connectivity index (χ2v) is 7.29. The van der Waals surface area contributed by atoms with Gasteiger partial charge in [0.1, 0.15) is 0 Å². The molecule has 0 radical (unpaired) electrons. The number of benzene rings is 2. The molecule has 0 aliphatic carbocycles. The summed E-state index contributed by atoms with van der Waals surface area (Å²) in [5.41, 5.74) is -1.51. The van der Waals surface area contributed by atoms with E-state index in [1.54, 1.807) is 62.4 Å². The van der Waals surface area contributed by atoms with Gasteiger partial charge in [0.2, 0.25) is 11.4 Å². The smallest absolute Gasteiger partial charge is 0.283 e. The van der Waals surface area contributed by atoms with Gasteiger partial charge in [0, 0.05) is 24.2 Å². The van der Waals surface area contributed by atoms with Crippen LogP contribution >= 0.6 is 0 Å². The van der Waals surface area contributed by atoms with Crippen LogP contribution < -0.4 is 9.80 Å². The molecule has 1 saturated heterocycles. The van der Waals surface area contributed by atoms with Crippen LogP contribution in [0.4, 0.5) is 11.4 Å². The van der Waals surface area contributed by atoms with E-state index in [9.17, 15) is 19.8 Å². The van der Waals surface area contributed by atoms with E-state index < -0.39 is 23.3 Å². The van der Waals surface area contributed by atoms with Gasteiger partial charge in [0.25, 0.3) is 11.8 Å². The van der Waals surface area contributed by atoms with Gasteiger partial charge in [-0.05, 0) is 38.1 Å². The van der Waals surface area contributed by atoms with E-state index in [1.165, 1.54) is 0 Å². The van der Waals surface area contributed by atoms with Gasteiger partial charge in [-0.25, -0.2) is 0 Å². The lowest BCUT2D eigenvalue weighted by atomic mass is 9.92. The Kier molecular flexibility index (Phi) is 5.04. The molecule has 2 unspecified atom stereocenters. The van der Waals surface area contributed by atoms with Crippen molar-refractivity contribution >= 4 is 23.2 Å². The summed E-state index contributed by atoms with van der Waals surface area (Å²) in [5, 5.41) is 22.6. The van der Waals surface area contributed by atoms with E-state index in [-0.39, 0.29) is 12.8 Å².